The van der Waals surface area contributed by atoms with Crippen LogP contribution in [0.25, 0.3) is 10.9 Å². The fraction of sp³-hybridized carbons (Fsp3) is 0.585. The van der Waals surface area contributed by atoms with Crippen LogP contribution in [0.2, 0.25) is 0 Å². The van der Waals surface area contributed by atoms with Crippen molar-refractivity contribution in [3.8, 4) is 18.4 Å². The van der Waals surface area contributed by atoms with Crippen molar-refractivity contribution in [2.24, 2.45) is 17.8 Å². The number of hydrogen-bond acceptors (Lipinski definition) is 7. The van der Waals surface area contributed by atoms with Gasteiger partial charge < -0.3 is 19.3 Å². The molecule has 2 aromatic carbocycles. The Kier molecular flexibility index (Phi) is 8.46. The van der Waals surface area contributed by atoms with Crippen LogP contribution >= 0.6 is 0 Å². The Morgan fingerprint density at radius 3 is 2.67 bits per heavy atom. The first-order valence-electron chi connectivity index (χ1n) is 18.6. The number of aryl methyl sites for hydroxylation is 1. The van der Waals surface area contributed by atoms with Crippen molar-refractivity contribution < 1.29 is 14.3 Å². The van der Waals surface area contributed by atoms with E-state index in [0.717, 1.165) is 92.3 Å². The quantitative estimate of drug-likeness (QED) is 0.254. The summed E-state index contributed by atoms with van der Waals surface area (Å²) in [7, 11) is 3.46. The molecule has 5 aliphatic rings. The molecule has 1 amide bonds. The SMILES string of the molecule is C#Cc1cccc2c1[C@H](c1ccc3c(N4CC5CCC(C5)C4)nc(OCC45CCCN4C(COC(=O)N(C)C)CC5)nc3c1C)C[C@H](C)C2. The molecule has 4 fully saturated rings. The van der Waals surface area contributed by atoms with Crippen LogP contribution in [-0.4, -0.2) is 84.4 Å². The number of amides is 1. The zero-order valence-corrected chi connectivity index (χ0v) is 29.7. The molecule has 3 aliphatic heterocycles. The van der Waals surface area contributed by atoms with Gasteiger partial charge in [0.15, 0.2) is 0 Å². The lowest BCUT2D eigenvalue weighted by atomic mass is 9.72. The minimum absolute atomic E-state index is 0.0810. The van der Waals surface area contributed by atoms with Crippen LogP contribution in [-0.2, 0) is 11.2 Å². The second kappa shape index (κ2) is 12.8. The average molecular weight is 662 g/mol. The second-order valence-electron chi connectivity index (χ2n) is 16.0. The molecule has 4 unspecified atom stereocenters. The molecule has 1 aromatic heterocycles. The van der Waals surface area contributed by atoms with Crippen molar-refractivity contribution in [2.45, 2.75) is 89.1 Å². The van der Waals surface area contributed by atoms with Gasteiger partial charge in [-0.1, -0.05) is 31.0 Å². The third kappa shape index (κ3) is 5.82. The van der Waals surface area contributed by atoms with Gasteiger partial charge in [-0.25, -0.2) is 4.79 Å². The van der Waals surface area contributed by atoms with Crippen LogP contribution in [0.5, 0.6) is 6.01 Å². The highest BCUT2D eigenvalue weighted by Crippen LogP contribution is 2.46. The lowest BCUT2D eigenvalue weighted by molar-refractivity contribution is 0.0484. The van der Waals surface area contributed by atoms with Gasteiger partial charge >= 0.3 is 12.1 Å². The zero-order chi connectivity index (χ0) is 33.9. The monoisotopic (exact) mass is 661 g/mol. The molecule has 1 saturated carbocycles. The van der Waals surface area contributed by atoms with Crippen molar-refractivity contribution >= 4 is 22.8 Å². The highest BCUT2D eigenvalue weighted by molar-refractivity contribution is 5.93. The first-order chi connectivity index (χ1) is 23.7. The molecule has 6 atom stereocenters. The number of rotatable bonds is 7. The van der Waals surface area contributed by atoms with Crippen LogP contribution in [0, 0.1) is 37.0 Å². The number of nitrogens with zero attached hydrogens (tertiary/aromatic N) is 5. The van der Waals surface area contributed by atoms with E-state index in [1.165, 1.54) is 46.4 Å². The summed E-state index contributed by atoms with van der Waals surface area (Å²) in [6, 6.07) is 11.8. The molecular weight excluding hydrogens is 610 g/mol. The predicted octanol–water partition coefficient (Wildman–Crippen LogP) is 6.94. The summed E-state index contributed by atoms with van der Waals surface area (Å²) < 4.78 is 12.4. The Balaban J connectivity index is 1.14. The maximum Gasteiger partial charge on any atom is 0.409 e. The van der Waals surface area contributed by atoms with Gasteiger partial charge in [0.2, 0.25) is 0 Å². The lowest BCUT2D eigenvalue weighted by Gasteiger charge is -2.35. The Bertz CT molecular complexity index is 1790. The van der Waals surface area contributed by atoms with E-state index in [1.54, 1.807) is 14.1 Å². The highest BCUT2D eigenvalue weighted by Gasteiger charge is 2.50. The van der Waals surface area contributed by atoms with Crippen LogP contribution < -0.4 is 9.64 Å². The van der Waals surface area contributed by atoms with E-state index in [0.29, 0.717) is 25.1 Å². The molecule has 8 nitrogen and oxygen atoms in total. The molecule has 3 saturated heterocycles. The third-order valence-corrected chi connectivity index (χ3v) is 12.6. The highest BCUT2D eigenvalue weighted by atomic mass is 16.6. The van der Waals surface area contributed by atoms with Crippen molar-refractivity contribution in [3.05, 3.63) is 58.1 Å². The van der Waals surface area contributed by atoms with Gasteiger partial charge in [0.1, 0.15) is 19.0 Å². The lowest BCUT2D eigenvalue weighted by Crippen LogP contribution is -2.48. The summed E-state index contributed by atoms with van der Waals surface area (Å²) >= 11 is 0. The minimum Gasteiger partial charge on any atom is -0.461 e. The van der Waals surface area contributed by atoms with Crippen LogP contribution in [0.15, 0.2) is 30.3 Å². The van der Waals surface area contributed by atoms with Gasteiger partial charge in [-0.15, -0.1) is 6.42 Å². The standard InChI is InChI=1S/C41H51N5O3/c1-6-30-9-7-10-31-19-26(2)20-35(36(30)31)33-13-14-34-37(27(33)3)42-39(43-38(34)45-22-28-11-12-29(21-28)23-45)49-25-41-16-8-18-46(41)32(15-17-41)24-48-40(47)44(4)5/h1,7,9-10,13-14,26,28-29,32,35H,8,11-12,15-25H2,2-5H3/t26-,28?,29?,32?,35+,41?/m1/s1. The number of anilines is 1. The number of benzene rings is 2. The van der Waals surface area contributed by atoms with E-state index in [4.69, 9.17) is 25.9 Å². The van der Waals surface area contributed by atoms with E-state index in [2.05, 4.69) is 59.9 Å². The van der Waals surface area contributed by atoms with Crippen LogP contribution in [0.4, 0.5) is 10.6 Å². The molecule has 258 valence electrons. The fourth-order valence-corrected chi connectivity index (χ4v) is 10.3. The van der Waals surface area contributed by atoms with E-state index in [1.807, 2.05) is 0 Å². The molecule has 2 bridgehead atoms. The predicted molar refractivity (Wildman–Crippen MR) is 193 cm³/mol. The topological polar surface area (TPSA) is 71.0 Å². The van der Waals surface area contributed by atoms with Crippen molar-refractivity contribution in [2.75, 3.05) is 51.8 Å². The first-order valence-corrected chi connectivity index (χ1v) is 18.6. The number of hydrogen-bond donors (Lipinski definition) is 0. The van der Waals surface area contributed by atoms with Crippen molar-refractivity contribution in [1.29, 1.82) is 0 Å². The molecule has 0 radical (unpaired) electrons. The van der Waals surface area contributed by atoms with E-state index in [-0.39, 0.29) is 23.6 Å². The molecule has 3 aromatic rings. The maximum atomic E-state index is 12.2. The van der Waals surface area contributed by atoms with E-state index < -0.39 is 0 Å². The second-order valence-corrected chi connectivity index (χ2v) is 16.0. The number of ether oxygens (including phenoxy) is 2. The van der Waals surface area contributed by atoms with Crippen molar-refractivity contribution in [1.82, 2.24) is 19.8 Å². The summed E-state index contributed by atoms with van der Waals surface area (Å²) in [5.41, 5.74) is 7.13. The summed E-state index contributed by atoms with van der Waals surface area (Å²) in [5.74, 6) is 6.29. The average Bonchev–Trinajstić information content (AvgIpc) is 3.78. The molecule has 8 heteroatoms. The Hall–Kier alpha value is -3.83. The minimum atomic E-state index is -0.285. The Morgan fingerprint density at radius 2 is 1.90 bits per heavy atom. The maximum absolute atomic E-state index is 12.2. The van der Waals surface area contributed by atoms with E-state index in [9.17, 15) is 4.79 Å². The number of fused-ring (bicyclic) bond motifs is 5. The van der Waals surface area contributed by atoms with Crippen LogP contribution in [0.3, 0.4) is 0 Å². The zero-order valence-electron chi connectivity index (χ0n) is 29.7. The van der Waals surface area contributed by atoms with E-state index >= 15 is 0 Å². The fourth-order valence-electron chi connectivity index (χ4n) is 10.3. The number of carbonyl (C=O) groups excluding carboxylic acids is 1. The number of piperidine rings is 1. The molecule has 4 heterocycles. The Labute approximate surface area is 291 Å². The summed E-state index contributed by atoms with van der Waals surface area (Å²) in [5, 5.41) is 1.12. The molecular formula is C41H51N5O3. The number of aromatic nitrogens is 2. The largest absolute Gasteiger partial charge is 0.461 e. The van der Waals surface area contributed by atoms with Gasteiger partial charge in [0, 0.05) is 50.1 Å². The summed E-state index contributed by atoms with van der Waals surface area (Å²) in [4.78, 5) is 29.2. The van der Waals surface area contributed by atoms with Gasteiger partial charge in [0.25, 0.3) is 0 Å². The molecule has 49 heavy (non-hydrogen) atoms. The Morgan fingerprint density at radius 1 is 1.08 bits per heavy atom. The van der Waals surface area contributed by atoms with Gasteiger partial charge in [-0.05, 0) is 123 Å². The van der Waals surface area contributed by atoms with Crippen molar-refractivity contribution in [3.63, 3.8) is 0 Å². The molecule has 0 N–H and O–H groups in total. The normalized spacial score (nSPS) is 29.0. The molecule has 2 aliphatic carbocycles. The molecule has 0 spiro atoms. The first kappa shape index (κ1) is 32.4. The van der Waals surface area contributed by atoms with Gasteiger partial charge in [0.05, 0.1) is 11.1 Å². The number of terminal acetylenes is 1. The van der Waals surface area contributed by atoms with Crippen LogP contribution in [0.1, 0.15) is 92.0 Å². The number of carbonyl (C=O) groups is 1. The summed E-state index contributed by atoms with van der Waals surface area (Å²) in [6.07, 6.45) is 16.1. The smallest absolute Gasteiger partial charge is 0.409 e. The third-order valence-electron chi connectivity index (χ3n) is 12.6. The van der Waals surface area contributed by atoms with Gasteiger partial charge in [-0.3, -0.25) is 4.90 Å². The summed E-state index contributed by atoms with van der Waals surface area (Å²) in [6.45, 7) is 8.65. The molecule has 8 rings (SSSR count). The van der Waals surface area contributed by atoms with Gasteiger partial charge in [-0.2, -0.15) is 9.97 Å².